The molecule has 49 heavy (non-hydrogen) atoms. The lowest BCUT2D eigenvalue weighted by molar-refractivity contribution is -0.133. The number of thioether (sulfide) groups is 2. The summed E-state index contributed by atoms with van der Waals surface area (Å²) in [4.78, 5) is 49.1. The van der Waals surface area contributed by atoms with E-state index in [4.69, 9.17) is 14.6 Å². The van der Waals surface area contributed by atoms with Gasteiger partial charge in [0.05, 0.1) is 65.5 Å². The molecule has 0 saturated heterocycles. The molecule has 0 aliphatic carbocycles. The highest BCUT2D eigenvalue weighted by atomic mass is 32.2. The Morgan fingerprint density at radius 2 is 1.67 bits per heavy atom. The number of aliphatic hydroxyl groups is 1. The molecule has 2 N–H and O–H groups in total. The third kappa shape index (κ3) is 7.53. The summed E-state index contributed by atoms with van der Waals surface area (Å²) in [6, 6.07) is 9.70. The number of hydrogen-bond acceptors (Lipinski definition) is 12. The molecule has 0 saturated carbocycles. The van der Waals surface area contributed by atoms with E-state index in [9.17, 15) is 19.5 Å². The summed E-state index contributed by atoms with van der Waals surface area (Å²) in [5.74, 6) is -0.835. The number of rotatable bonds is 8. The zero-order valence-electron chi connectivity index (χ0n) is 27.9. The second kappa shape index (κ2) is 14.3. The zero-order chi connectivity index (χ0) is 35.1. The number of nitrogens with zero attached hydrogens (tertiary/aromatic N) is 4. The van der Waals surface area contributed by atoms with Gasteiger partial charge >= 0.3 is 11.7 Å². The molecule has 2 aliphatic rings. The number of carboxylic acids is 1. The molecule has 4 aromatic heterocycles. The smallest absolute Gasteiger partial charge is 0.332 e. The van der Waals surface area contributed by atoms with Gasteiger partial charge in [0.25, 0.3) is 5.56 Å². The van der Waals surface area contributed by atoms with Crippen LogP contribution in [-0.4, -0.2) is 65.1 Å². The van der Waals surface area contributed by atoms with Gasteiger partial charge in [0.15, 0.2) is 5.16 Å². The van der Waals surface area contributed by atoms with E-state index in [0.717, 1.165) is 47.8 Å². The van der Waals surface area contributed by atoms with Gasteiger partial charge in [0.2, 0.25) is 0 Å². The van der Waals surface area contributed by atoms with Gasteiger partial charge in [-0.15, -0.1) is 22.7 Å². The average Bonchev–Trinajstić information content (AvgIpc) is 3.61. The highest BCUT2D eigenvalue weighted by Crippen LogP contribution is 2.42. The van der Waals surface area contributed by atoms with Gasteiger partial charge in [-0.25, -0.2) is 14.8 Å². The molecule has 7 rings (SSSR count). The molecule has 0 bridgehead atoms. The first-order chi connectivity index (χ1) is 23.3. The van der Waals surface area contributed by atoms with E-state index in [2.05, 4.69) is 23.8 Å². The zero-order valence-corrected chi connectivity index (χ0v) is 31.2. The third-order valence-corrected chi connectivity index (χ3v) is 12.4. The van der Waals surface area contributed by atoms with Crippen molar-refractivity contribution in [2.24, 2.45) is 0 Å². The fourth-order valence-electron chi connectivity index (χ4n) is 5.95. The average molecular weight is 743 g/mol. The molecular weight excluding hydrogens is 705 g/mol. The van der Waals surface area contributed by atoms with Crippen LogP contribution < -0.4 is 11.2 Å². The lowest BCUT2D eigenvalue weighted by atomic mass is 9.94. The number of hydrogen-bond donors (Lipinski definition) is 2. The molecule has 0 atom stereocenters. The highest BCUT2D eigenvalue weighted by molar-refractivity contribution is 8.00. The number of aliphatic carboxylic acids is 1. The number of carboxylic acid groups (broad SMARTS) is 1. The van der Waals surface area contributed by atoms with Crippen molar-refractivity contribution >= 4 is 72.6 Å². The van der Waals surface area contributed by atoms with Crippen molar-refractivity contribution in [3.05, 3.63) is 77.6 Å². The second-order valence-electron chi connectivity index (χ2n) is 13.0. The van der Waals surface area contributed by atoms with Crippen LogP contribution in [0.5, 0.6) is 0 Å². The lowest BCUT2D eigenvalue weighted by Crippen LogP contribution is -2.41. The highest BCUT2D eigenvalue weighted by Gasteiger charge is 2.33. The molecule has 0 amide bonds. The van der Waals surface area contributed by atoms with Crippen molar-refractivity contribution in [1.82, 2.24) is 19.1 Å². The topological polar surface area (TPSA) is 146 Å². The monoisotopic (exact) mass is 742 g/mol. The largest absolute Gasteiger partial charge is 0.481 e. The van der Waals surface area contributed by atoms with Crippen molar-refractivity contribution in [2.75, 3.05) is 18.6 Å². The van der Waals surface area contributed by atoms with Crippen molar-refractivity contribution in [2.45, 2.75) is 88.2 Å². The van der Waals surface area contributed by atoms with Crippen LogP contribution in [0.4, 0.5) is 0 Å². The van der Waals surface area contributed by atoms with Gasteiger partial charge in [-0.2, -0.15) is 0 Å². The van der Waals surface area contributed by atoms with Crippen molar-refractivity contribution in [3.8, 4) is 0 Å². The van der Waals surface area contributed by atoms with E-state index < -0.39 is 5.97 Å². The first kappa shape index (κ1) is 35.8. The summed E-state index contributed by atoms with van der Waals surface area (Å²) < 4.78 is 15.6. The molecule has 1 aromatic carbocycles. The van der Waals surface area contributed by atoms with E-state index in [1.165, 1.54) is 39.7 Å². The van der Waals surface area contributed by atoms with E-state index >= 15 is 0 Å². The summed E-state index contributed by atoms with van der Waals surface area (Å²) >= 11 is 5.86. The summed E-state index contributed by atoms with van der Waals surface area (Å²) in [7, 11) is 0. The second-order valence-corrected chi connectivity index (χ2v) is 17.0. The molecule has 0 fully saturated rings. The molecule has 0 spiro atoms. The number of ether oxygens (including phenoxy) is 2. The van der Waals surface area contributed by atoms with Gasteiger partial charge < -0.3 is 19.7 Å². The fraction of sp³-hybridized carbons (Fsp3) is 0.441. The molecule has 15 heteroatoms. The molecule has 260 valence electrons. The van der Waals surface area contributed by atoms with Crippen LogP contribution in [0.25, 0.3) is 20.4 Å². The Morgan fingerprint density at radius 1 is 0.959 bits per heavy atom. The van der Waals surface area contributed by atoms with Crippen molar-refractivity contribution in [3.63, 3.8) is 0 Å². The van der Waals surface area contributed by atoms with Crippen LogP contribution in [0.2, 0.25) is 0 Å². The Kier molecular flexibility index (Phi) is 10.4. The molecule has 2 aliphatic heterocycles. The summed E-state index contributed by atoms with van der Waals surface area (Å²) in [5.41, 5.74) is 2.79. The number of benzene rings is 1. The predicted octanol–water partition coefficient (Wildman–Crippen LogP) is 5.56. The van der Waals surface area contributed by atoms with E-state index in [0.29, 0.717) is 41.6 Å². The first-order valence-electron chi connectivity index (χ1n) is 15.7. The van der Waals surface area contributed by atoms with Crippen LogP contribution in [0.3, 0.4) is 0 Å². The molecule has 6 heterocycles. The van der Waals surface area contributed by atoms with Crippen LogP contribution in [0.1, 0.15) is 54.1 Å². The third-order valence-electron chi connectivity index (χ3n) is 8.31. The van der Waals surface area contributed by atoms with Crippen molar-refractivity contribution in [1.29, 1.82) is 0 Å². The Hall–Kier alpha value is -3.05. The first-order valence-corrected chi connectivity index (χ1v) is 19.6. The van der Waals surface area contributed by atoms with Gasteiger partial charge in [0.1, 0.15) is 9.86 Å². The van der Waals surface area contributed by atoms with E-state index in [-0.39, 0.29) is 41.4 Å². The van der Waals surface area contributed by atoms with Gasteiger partial charge in [-0.3, -0.25) is 18.7 Å². The molecule has 0 unspecified atom stereocenters. The number of fused-ring (bicyclic) bond motifs is 6. The maximum atomic E-state index is 13.1. The molecule has 5 aromatic rings. The van der Waals surface area contributed by atoms with Crippen LogP contribution >= 0.6 is 46.2 Å². The Balaban J connectivity index is 0.000000174. The Morgan fingerprint density at radius 3 is 2.37 bits per heavy atom. The lowest BCUT2D eigenvalue weighted by Gasteiger charge is -2.29. The van der Waals surface area contributed by atoms with Gasteiger partial charge in [-0.05, 0) is 45.1 Å². The number of carbonyl (C=O) groups is 1. The molecule has 11 nitrogen and oxygen atoms in total. The summed E-state index contributed by atoms with van der Waals surface area (Å²) in [6.45, 7) is 9.29. The Bertz CT molecular complexity index is 2150. The SMILES string of the molecule is CC1(C)Cc2c(sc3c2c(=O)n(CCO)c(=O)n3Cc2ccccc2)CO1.CSc1nc(SCC(=O)O)c2sc3c(c2n1)COC(C)(C)C3. The van der Waals surface area contributed by atoms with E-state index in [1.807, 2.05) is 50.4 Å². The van der Waals surface area contributed by atoms with Gasteiger partial charge in [-0.1, -0.05) is 53.9 Å². The standard InChI is InChI=1S/C20H22N2O4S.C14H16N2O3S3/c1-20(2)10-14-15(12-26-20)27-18-16(14)17(24)21(8-9-23)19(25)22(18)11-13-6-4-3-5-7-13;1-14(2)4-8-7(5-19-14)10-11(22-8)12(21-6-9(17)18)16-13(15-10)20-3/h3-7,23H,8-12H2,1-2H3;4-6H2,1-3H3,(H,17,18). The predicted molar refractivity (Wildman–Crippen MR) is 196 cm³/mol. The maximum absolute atomic E-state index is 13.1. The van der Waals surface area contributed by atoms with Crippen LogP contribution in [-0.2, 0) is 53.4 Å². The quantitative estimate of drug-likeness (QED) is 0.117. The van der Waals surface area contributed by atoms with Crippen LogP contribution in [0.15, 0.2) is 50.1 Å². The minimum Gasteiger partial charge on any atom is -0.481 e. The minimum atomic E-state index is -0.840. The van der Waals surface area contributed by atoms with E-state index in [1.54, 1.807) is 15.9 Å². The Labute approximate surface area is 299 Å². The summed E-state index contributed by atoms with van der Waals surface area (Å²) in [5, 5.41) is 20.3. The normalized spacial score (nSPS) is 16.2. The van der Waals surface area contributed by atoms with Crippen molar-refractivity contribution < 1.29 is 24.5 Å². The maximum Gasteiger partial charge on any atom is 0.332 e. The fourth-order valence-corrected chi connectivity index (χ4v) is 9.87. The van der Waals surface area contributed by atoms with Gasteiger partial charge in [0, 0.05) is 28.2 Å². The molecule has 0 radical (unpaired) electrons. The minimum absolute atomic E-state index is 0.00446. The van der Waals surface area contributed by atoms with Crippen LogP contribution in [0, 0.1) is 0 Å². The number of aliphatic hydroxyl groups excluding tert-OH is 1. The molecular formula is C34H38N4O7S4. The number of aromatic nitrogens is 4. The summed E-state index contributed by atoms with van der Waals surface area (Å²) in [6.07, 6.45) is 3.40. The number of thiophene rings is 2.